The number of nitrogens with two attached hydrogens (primary N) is 1. The first-order valence-corrected chi connectivity index (χ1v) is 6.60. The standard InChI is InChI=1S/C9H12N4O3S/c1-6-9(12-3-2-11-6)13-5-7(4-8(13)14)17(10,15)16/h2-3,7H,4-5H2,1H3,(H2,10,15,16). The number of aromatic nitrogens is 2. The molecule has 1 amide bonds. The third-order valence-corrected chi connectivity index (χ3v) is 3.91. The second kappa shape index (κ2) is 4.04. The normalized spacial score (nSPS) is 20.9. The van der Waals surface area contributed by atoms with Gasteiger partial charge >= 0.3 is 0 Å². The third kappa shape index (κ3) is 2.27. The lowest BCUT2D eigenvalue weighted by atomic mass is 10.4. The molecule has 1 unspecified atom stereocenters. The first-order chi connectivity index (χ1) is 7.89. The Kier molecular flexibility index (Phi) is 2.84. The van der Waals surface area contributed by atoms with Gasteiger partial charge in [-0.1, -0.05) is 0 Å². The number of nitrogens with zero attached hydrogens (tertiary/aromatic N) is 3. The van der Waals surface area contributed by atoms with E-state index in [1.807, 2.05) is 0 Å². The number of carbonyl (C=O) groups is 1. The van der Waals surface area contributed by atoms with Gasteiger partial charge in [-0.15, -0.1) is 0 Å². The molecular weight excluding hydrogens is 244 g/mol. The highest BCUT2D eigenvalue weighted by molar-refractivity contribution is 7.89. The summed E-state index contributed by atoms with van der Waals surface area (Å²) in [5.74, 6) is 0.0938. The van der Waals surface area contributed by atoms with Crippen LogP contribution in [0.15, 0.2) is 12.4 Å². The number of hydrogen-bond donors (Lipinski definition) is 1. The van der Waals surface area contributed by atoms with E-state index < -0.39 is 15.3 Å². The van der Waals surface area contributed by atoms with Gasteiger partial charge in [0.25, 0.3) is 0 Å². The predicted molar refractivity (Wildman–Crippen MR) is 60.6 cm³/mol. The van der Waals surface area contributed by atoms with E-state index in [1.54, 1.807) is 6.92 Å². The lowest BCUT2D eigenvalue weighted by Gasteiger charge is -2.16. The SMILES string of the molecule is Cc1nccnc1N1CC(S(N)(=O)=O)CC1=O. The van der Waals surface area contributed by atoms with E-state index in [1.165, 1.54) is 17.3 Å². The molecule has 1 aliphatic rings. The number of amides is 1. The molecule has 2 N–H and O–H groups in total. The second-order valence-electron chi connectivity index (χ2n) is 3.88. The van der Waals surface area contributed by atoms with Crippen molar-refractivity contribution in [1.29, 1.82) is 0 Å². The summed E-state index contributed by atoms with van der Waals surface area (Å²) in [6, 6.07) is 0. The van der Waals surface area contributed by atoms with Crippen LogP contribution in [0.25, 0.3) is 0 Å². The monoisotopic (exact) mass is 256 g/mol. The van der Waals surface area contributed by atoms with Gasteiger partial charge in [-0.05, 0) is 6.92 Å². The molecule has 7 nitrogen and oxygen atoms in total. The molecule has 2 rings (SSSR count). The van der Waals surface area contributed by atoms with Crippen LogP contribution in [-0.4, -0.2) is 36.1 Å². The van der Waals surface area contributed by atoms with Gasteiger partial charge in [0, 0.05) is 25.4 Å². The molecule has 0 aliphatic carbocycles. The van der Waals surface area contributed by atoms with Crippen LogP contribution in [0.5, 0.6) is 0 Å². The number of hydrogen-bond acceptors (Lipinski definition) is 5. The highest BCUT2D eigenvalue weighted by Gasteiger charge is 2.38. The van der Waals surface area contributed by atoms with Gasteiger partial charge in [0.15, 0.2) is 5.82 Å². The average Bonchev–Trinajstić information content (AvgIpc) is 2.61. The van der Waals surface area contributed by atoms with Crippen LogP contribution < -0.4 is 10.0 Å². The fourth-order valence-electron chi connectivity index (χ4n) is 1.76. The number of sulfonamides is 1. The van der Waals surface area contributed by atoms with Crippen LogP contribution >= 0.6 is 0 Å². The summed E-state index contributed by atoms with van der Waals surface area (Å²) in [7, 11) is -3.70. The molecule has 92 valence electrons. The maximum atomic E-state index is 11.7. The number of primary sulfonamides is 1. The zero-order valence-electron chi connectivity index (χ0n) is 9.20. The average molecular weight is 256 g/mol. The van der Waals surface area contributed by atoms with Crippen molar-refractivity contribution in [3.8, 4) is 0 Å². The quantitative estimate of drug-likeness (QED) is 0.744. The molecule has 0 aromatic carbocycles. The van der Waals surface area contributed by atoms with E-state index in [0.29, 0.717) is 11.5 Å². The Morgan fingerprint density at radius 2 is 2.06 bits per heavy atom. The highest BCUT2D eigenvalue weighted by Crippen LogP contribution is 2.23. The molecule has 0 saturated carbocycles. The van der Waals surface area contributed by atoms with E-state index in [4.69, 9.17) is 5.14 Å². The molecular formula is C9H12N4O3S. The van der Waals surface area contributed by atoms with Crippen LogP contribution in [-0.2, 0) is 14.8 Å². The zero-order chi connectivity index (χ0) is 12.6. The molecule has 17 heavy (non-hydrogen) atoms. The molecule has 8 heteroatoms. The molecule has 1 aromatic rings. The molecule has 2 heterocycles. The maximum absolute atomic E-state index is 11.7. The van der Waals surface area contributed by atoms with Crippen molar-refractivity contribution >= 4 is 21.7 Å². The minimum absolute atomic E-state index is 0.0389. The molecule has 0 spiro atoms. The number of aryl methyl sites for hydroxylation is 1. The van der Waals surface area contributed by atoms with Crippen molar-refractivity contribution in [2.45, 2.75) is 18.6 Å². The summed E-state index contributed by atoms with van der Waals surface area (Å²) in [5.41, 5.74) is 0.580. The lowest BCUT2D eigenvalue weighted by Crippen LogP contribution is -2.32. The van der Waals surface area contributed by atoms with Gasteiger partial charge in [-0.25, -0.2) is 18.5 Å². The summed E-state index contributed by atoms with van der Waals surface area (Å²) in [5, 5.41) is 4.17. The molecule has 1 atom stereocenters. The molecule has 1 aromatic heterocycles. The van der Waals surface area contributed by atoms with E-state index >= 15 is 0 Å². The van der Waals surface area contributed by atoms with E-state index in [9.17, 15) is 13.2 Å². The third-order valence-electron chi connectivity index (χ3n) is 2.67. The van der Waals surface area contributed by atoms with Crippen LogP contribution in [0.1, 0.15) is 12.1 Å². The molecule has 0 bridgehead atoms. The second-order valence-corrected chi connectivity index (χ2v) is 5.73. The predicted octanol–water partition coefficient (Wildman–Crippen LogP) is -0.821. The summed E-state index contributed by atoms with van der Waals surface area (Å²) in [4.78, 5) is 21.1. The van der Waals surface area contributed by atoms with E-state index in [2.05, 4.69) is 9.97 Å². The van der Waals surface area contributed by atoms with E-state index in [-0.39, 0.29) is 18.9 Å². The number of rotatable bonds is 2. The van der Waals surface area contributed by atoms with Gasteiger partial charge < -0.3 is 0 Å². The number of carbonyl (C=O) groups excluding carboxylic acids is 1. The van der Waals surface area contributed by atoms with Gasteiger partial charge in [0.1, 0.15) is 5.25 Å². The summed E-state index contributed by atoms with van der Waals surface area (Å²) in [6.07, 6.45) is 2.87. The number of anilines is 1. The smallest absolute Gasteiger partial charge is 0.229 e. The minimum Gasteiger partial charge on any atom is -0.294 e. The first kappa shape index (κ1) is 11.9. The fourth-order valence-corrected chi connectivity index (χ4v) is 2.50. The van der Waals surface area contributed by atoms with Crippen LogP contribution in [0, 0.1) is 6.92 Å². The van der Waals surface area contributed by atoms with Crippen molar-refractivity contribution in [3.63, 3.8) is 0 Å². The van der Waals surface area contributed by atoms with Crippen molar-refractivity contribution in [2.75, 3.05) is 11.4 Å². The first-order valence-electron chi connectivity index (χ1n) is 4.99. The van der Waals surface area contributed by atoms with Crippen molar-refractivity contribution in [2.24, 2.45) is 5.14 Å². The zero-order valence-corrected chi connectivity index (χ0v) is 10.0. The van der Waals surface area contributed by atoms with Gasteiger partial charge in [-0.2, -0.15) is 0 Å². The van der Waals surface area contributed by atoms with Gasteiger partial charge in [0.05, 0.1) is 5.69 Å². The fraction of sp³-hybridized carbons (Fsp3) is 0.444. The van der Waals surface area contributed by atoms with Crippen molar-refractivity contribution < 1.29 is 13.2 Å². The Labute approximate surface area is 98.7 Å². The molecule has 0 radical (unpaired) electrons. The summed E-state index contributed by atoms with van der Waals surface area (Å²) >= 11 is 0. The Hall–Kier alpha value is -1.54. The Balaban J connectivity index is 2.31. The van der Waals surface area contributed by atoms with Crippen molar-refractivity contribution in [1.82, 2.24) is 9.97 Å². The van der Waals surface area contributed by atoms with Crippen molar-refractivity contribution in [3.05, 3.63) is 18.1 Å². The lowest BCUT2D eigenvalue weighted by molar-refractivity contribution is -0.117. The largest absolute Gasteiger partial charge is 0.294 e. The Morgan fingerprint density at radius 3 is 2.59 bits per heavy atom. The van der Waals surface area contributed by atoms with Crippen LogP contribution in [0.3, 0.4) is 0 Å². The molecule has 1 saturated heterocycles. The molecule has 1 aliphatic heterocycles. The van der Waals surface area contributed by atoms with Gasteiger partial charge in [-0.3, -0.25) is 14.7 Å². The topological polar surface area (TPSA) is 106 Å². The molecule has 1 fully saturated rings. The van der Waals surface area contributed by atoms with Crippen LogP contribution in [0.2, 0.25) is 0 Å². The Morgan fingerprint density at radius 1 is 1.41 bits per heavy atom. The summed E-state index contributed by atoms with van der Waals surface area (Å²) < 4.78 is 22.4. The summed E-state index contributed by atoms with van der Waals surface area (Å²) in [6.45, 7) is 1.75. The maximum Gasteiger partial charge on any atom is 0.229 e. The van der Waals surface area contributed by atoms with Gasteiger partial charge in [0.2, 0.25) is 15.9 Å². The Bertz CT molecular complexity index is 557. The van der Waals surface area contributed by atoms with Crippen LogP contribution in [0.4, 0.5) is 5.82 Å². The minimum atomic E-state index is -3.70. The van der Waals surface area contributed by atoms with E-state index in [0.717, 1.165) is 0 Å². The highest BCUT2D eigenvalue weighted by atomic mass is 32.2.